The topological polar surface area (TPSA) is 48.5 Å². The Morgan fingerprint density at radius 3 is 2.71 bits per heavy atom. The van der Waals surface area contributed by atoms with Gasteiger partial charge < -0.3 is 9.62 Å². The van der Waals surface area contributed by atoms with E-state index in [0.29, 0.717) is 0 Å². The molecule has 5 rings (SSSR count). The van der Waals surface area contributed by atoms with Crippen LogP contribution in [0.4, 0.5) is 5.69 Å². The molecular formula is C28H30N4OS. The number of fused-ring (bicyclic) bond motifs is 1. The normalized spacial score (nSPS) is 16.5. The SMILES string of the molecule is Cc1cc(C(=O)N2CCN(CC3=CCCC=C3)CC2)ccc1NSc1cccc2cccnc12. The van der Waals surface area contributed by atoms with E-state index in [-0.39, 0.29) is 5.91 Å². The molecule has 0 unspecified atom stereocenters. The fraction of sp³-hybridized carbons (Fsp3) is 0.286. The zero-order valence-electron chi connectivity index (χ0n) is 19.5. The van der Waals surface area contributed by atoms with E-state index in [0.717, 1.165) is 78.2 Å². The number of nitrogens with one attached hydrogen (secondary N) is 1. The van der Waals surface area contributed by atoms with Crippen molar-refractivity contribution in [3.8, 4) is 0 Å². The minimum Gasteiger partial charge on any atom is -0.336 e. The summed E-state index contributed by atoms with van der Waals surface area (Å²) >= 11 is 1.55. The number of hydrogen-bond donors (Lipinski definition) is 1. The molecule has 1 N–H and O–H groups in total. The molecule has 3 aromatic rings. The lowest BCUT2D eigenvalue weighted by Crippen LogP contribution is -2.49. The van der Waals surface area contributed by atoms with E-state index in [9.17, 15) is 4.79 Å². The van der Waals surface area contributed by atoms with E-state index in [1.807, 2.05) is 48.4 Å². The molecule has 0 spiro atoms. The number of carbonyl (C=O) groups excluding carboxylic acids is 1. The standard InChI is InChI=1S/C28H30N4OS/c1-21-19-24(28(33)32-17-15-31(16-18-32)20-22-7-3-2-4-8-22)12-13-25(21)30-34-26-11-5-9-23-10-6-14-29-27(23)26/h3,5-14,19,30H,2,4,15-18,20H2,1H3. The number of amides is 1. The average molecular weight is 471 g/mol. The van der Waals surface area contributed by atoms with Crippen LogP contribution in [0, 0.1) is 6.92 Å². The first kappa shape index (κ1) is 22.7. The van der Waals surface area contributed by atoms with Crippen LogP contribution in [0.5, 0.6) is 0 Å². The minimum atomic E-state index is 0.122. The lowest BCUT2D eigenvalue weighted by Gasteiger charge is -2.35. The maximum Gasteiger partial charge on any atom is 0.253 e. The predicted octanol–water partition coefficient (Wildman–Crippen LogP) is 5.70. The Balaban J connectivity index is 1.18. The summed E-state index contributed by atoms with van der Waals surface area (Å²) < 4.78 is 3.45. The molecule has 2 aliphatic rings. The number of aromatic nitrogens is 1. The maximum absolute atomic E-state index is 13.1. The molecular weight excluding hydrogens is 440 g/mol. The van der Waals surface area contributed by atoms with Crippen LogP contribution in [0.15, 0.2) is 83.4 Å². The molecule has 1 fully saturated rings. The van der Waals surface area contributed by atoms with Crippen LogP contribution in [0.1, 0.15) is 28.8 Å². The van der Waals surface area contributed by atoms with Gasteiger partial charge in [-0.25, -0.2) is 0 Å². The van der Waals surface area contributed by atoms with Gasteiger partial charge in [-0.2, -0.15) is 0 Å². The van der Waals surface area contributed by atoms with Crippen molar-refractivity contribution in [2.45, 2.75) is 24.7 Å². The highest BCUT2D eigenvalue weighted by atomic mass is 32.2. The highest BCUT2D eigenvalue weighted by Crippen LogP contribution is 2.29. The molecule has 1 saturated heterocycles. The molecule has 0 bridgehead atoms. The fourth-order valence-electron chi connectivity index (χ4n) is 4.51. The van der Waals surface area contributed by atoms with Gasteiger partial charge in [0.2, 0.25) is 0 Å². The fourth-order valence-corrected chi connectivity index (χ4v) is 5.38. The molecule has 1 amide bonds. The molecule has 5 nitrogen and oxygen atoms in total. The Hall–Kier alpha value is -3.09. The van der Waals surface area contributed by atoms with Crippen LogP contribution in [0.2, 0.25) is 0 Å². The van der Waals surface area contributed by atoms with Crippen LogP contribution in [0.3, 0.4) is 0 Å². The first-order valence-electron chi connectivity index (χ1n) is 11.9. The molecule has 0 saturated carbocycles. The summed E-state index contributed by atoms with van der Waals surface area (Å²) in [5.41, 5.74) is 5.21. The van der Waals surface area contributed by atoms with E-state index in [1.54, 1.807) is 11.9 Å². The second-order valence-electron chi connectivity index (χ2n) is 8.89. The number of benzene rings is 2. The Morgan fingerprint density at radius 1 is 1.06 bits per heavy atom. The van der Waals surface area contributed by atoms with E-state index < -0.39 is 0 Å². The number of carbonyl (C=O) groups is 1. The summed E-state index contributed by atoms with van der Waals surface area (Å²) in [6.45, 7) is 6.43. The zero-order chi connectivity index (χ0) is 23.3. The number of rotatable bonds is 6. The van der Waals surface area contributed by atoms with Crippen LogP contribution < -0.4 is 4.72 Å². The number of aryl methyl sites for hydroxylation is 1. The largest absolute Gasteiger partial charge is 0.336 e. The molecule has 2 aromatic carbocycles. The highest BCUT2D eigenvalue weighted by molar-refractivity contribution is 8.00. The molecule has 174 valence electrons. The van der Waals surface area contributed by atoms with Gasteiger partial charge in [0.05, 0.1) is 10.4 Å². The lowest BCUT2D eigenvalue weighted by molar-refractivity contribution is 0.0648. The quantitative estimate of drug-likeness (QED) is 0.469. The van der Waals surface area contributed by atoms with Crippen molar-refractivity contribution in [1.82, 2.24) is 14.8 Å². The number of piperazine rings is 1. The Kier molecular flexibility index (Phi) is 6.97. The third-order valence-corrected chi connectivity index (χ3v) is 7.35. The number of allylic oxidation sites excluding steroid dienone is 2. The number of anilines is 1. The van der Waals surface area contributed by atoms with Gasteiger partial charge in [-0.05, 0) is 73.2 Å². The third-order valence-electron chi connectivity index (χ3n) is 6.48. The average Bonchev–Trinajstić information content (AvgIpc) is 2.88. The van der Waals surface area contributed by atoms with Gasteiger partial charge in [0.15, 0.2) is 0 Å². The number of para-hydroxylation sites is 1. The summed E-state index contributed by atoms with van der Waals surface area (Å²) in [7, 11) is 0. The van der Waals surface area contributed by atoms with Crippen LogP contribution >= 0.6 is 11.9 Å². The third kappa shape index (κ3) is 5.18. The lowest BCUT2D eigenvalue weighted by atomic mass is 10.1. The van der Waals surface area contributed by atoms with Crippen molar-refractivity contribution >= 4 is 34.4 Å². The second kappa shape index (κ2) is 10.5. The monoisotopic (exact) mass is 470 g/mol. The molecule has 1 aliphatic heterocycles. The number of pyridine rings is 1. The van der Waals surface area contributed by atoms with Crippen molar-refractivity contribution < 1.29 is 4.79 Å². The van der Waals surface area contributed by atoms with Crippen LogP contribution in [-0.2, 0) is 0 Å². The second-order valence-corrected chi connectivity index (χ2v) is 9.74. The minimum absolute atomic E-state index is 0.122. The predicted molar refractivity (Wildman–Crippen MR) is 141 cm³/mol. The van der Waals surface area contributed by atoms with E-state index in [4.69, 9.17) is 0 Å². The Morgan fingerprint density at radius 2 is 1.91 bits per heavy atom. The summed E-state index contributed by atoms with van der Waals surface area (Å²) in [5, 5.41) is 1.12. The molecule has 0 atom stereocenters. The van der Waals surface area contributed by atoms with Crippen molar-refractivity contribution in [2.24, 2.45) is 0 Å². The van der Waals surface area contributed by atoms with Crippen LogP contribution in [0.25, 0.3) is 10.9 Å². The van der Waals surface area contributed by atoms with Gasteiger partial charge in [-0.15, -0.1) is 0 Å². The molecule has 34 heavy (non-hydrogen) atoms. The number of hydrogen-bond acceptors (Lipinski definition) is 5. The molecule has 6 heteroatoms. The van der Waals surface area contributed by atoms with E-state index in [2.05, 4.69) is 51.0 Å². The number of nitrogens with zero attached hydrogens (tertiary/aromatic N) is 3. The van der Waals surface area contributed by atoms with E-state index >= 15 is 0 Å². The zero-order valence-corrected chi connectivity index (χ0v) is 20.4. The summed E-state index contributed by atoms with van der Waals surface area (Å²) in [6.07, 6.45) is 11.0. The van der Waals surface area contributed by atoms with Gasteiger partial charge in [0, 0.05) is 55.6 Å². The van der Waals surface area contributed by atoms with E-state index in [1.165, 1.54) is 5.57 Å². The van der Waals surface area contributed by atoms with Gasteiger partial charge >= 0.3 is 0 Å². The summed E-state index contributed by atoms with van der Waals surface area (Å²) in [5.74, 6) is 0.122. The van der Waals surface area contributed by atoms with Crippen molar-refractivity contribution in [3.05, 3.63) is 89.7 Å². The summed E-state index contributed by atoms with van der Waals surface area (Å²) in [4.78, 5) is 23.2. The van der Waals surface area contributed by atoms with Gasteiger partial charge in [-0.3, -0.25) is 14.7 Å². The highest BCUT2D eigenvalue weighted by Gasteiger charge is 2.23. The van der Waals surface area contributed by atoms with Crippen LogP contribution in [-0.4, -0.2) is 53.4 Å². The van der Waals surface area contributed by atoms with Crippen molar-refractivity contribution in [1.29, 1.82) is 0 Å². The Bertz CT molecular complexity index is 1240. The molecule has 1 aromatic heterocycles. The van der Waals surface area contributed by atoms with Crippen molar-refractivity contribution in [2.75, 3.05) is 37.4 Å². The molecule has 0 radical (unpaired) electrons. The van der Waals surface area contributed by atoms with Gasteiger partial charge in [-0.1, -0.05) is 36.4 Å². The molecule has 2 heterocycles. The molecule has 1 aliphatic carbocycles. The van der Waals surface area contributed by atoms with Gasteiger partial charge in [0.1, 0.15) is 0 Å². The van der Waals surface area contributed by atoms with Crippen molar-refractivity contribution in [3.63, 3.8) is 0 Å². The Labute approximate surface area is 205 Å². The summed E-state index contributed by atoms with van der Waals surface area (Å²) in [6, 6.07) is 16.2. The first-order valence-corrected chi connectivity index (χ1v) is 12.7. The maximum atomic E-state index is 13.1. The smallest absolute Gasteiger partial charge is 0.253 e. The first-order chi connectivity index (χ1) is 16.7. The van der Waals surface area contributed by atoms with Gasteiger partial charge in [0.25, 0.3) is 5.91 Å².